The number of carbonyl (C=O) groups excluding carboxylic acids is 1. The standard InChI is InChI=1S/C12H19NO5S/c1-13(9-3-6-19(17,18)8-9)10(14)7-12(11(15)16)4-2-5-12/h9H,2-8H2,1H3,(H,15,16). The van der Waals surface area contributed by atoms with Crippen LogP contribution in [-0.2, 0) is 19.4 Å². The van der Waals surface area contributed by atoms with Crippen molar-refractivity contribution in [1.29, 1.82) is 0 Å². The smallest absolute Gasteiger partial charge is 0.310 e. The van der Waals surface area contributed by atoms with E-state index in [1.54, 1.807) is 7.05 Å². The van der Waals surface area contributed by atoms with Gasteiger partial charge in [-0.3, -0.25) is 9.59 Å². The molecule has 1 heterocycles. The van der Waals surface area contributed by atoms with E-state index in [2.05, 4.69) is 0 Å². The molecule has 0 bridgehead atoms. The zero-order valence-electron chi connectivity index (χ0n) is 11.0. The third kappa shape index (κ3) is 2.75. The second-order valence-electron chi connectivity index (χ2n) is 5.68. The zero-order valence-corrected chi connectivity index (χ0v) is 11.8. The van der Waals surface area contributed by atoms with Gasteiger partial charge in [0.2, 0.25) is 5.91 Å². The van der Waals surface area contributed by atoms with Crippen LogP contribution in [0.2, 0.25) is 0 Å². The molecule has 0 aromatic carbocycles. The maximum absolute atomic E-state index is 12.1. The predicted octanol–water partition coefficient (Wildman–Crippen LogP) is 0.277. The number of hydrogen-bond donors (Lipinski definition) is 1. The molecule has 19 heavy (non-hydrogen) atoms. The molecule has 1 atom stereocenters. The average Bonchev–Trinajstić information content (AvgIpc) is 2.62. The Balaban J connectivity index is 1.98. The summed E-state index contributed by atoms with van der Waals surface area (Å²) < 4.78 is 22.8. The van der Waals surface area contributed by atoms with Crippen LogP contribution in [0.5, 0.6) is 0 Å². The maximum Gasteiger partial charge on any atom is 0.310 e. The second kappa shape index (κ2) is 4.77. The van der Waals surface area contributed by atoms with Crippen LogP contribution in [0.4, 0.5) is 0 Å². The Bertz CT molecular complexity index is 494. The van der Waals surface area contributed by atoms with Gasteiger partial charge in [0.05, 0.1) is 16.9 Å². The van der Waals surface area contributed by atoms with Crippen molar-refractivity contribution in [2.45, 2.75) is 38.1 Å². The molecule has 2 rings (SSSR count). The fourth-order valence-corrected chi connectivity index (χ4v) is 4.54. The third-order valence-corrected chi connectivity index (χ3v) is 6.15. The normalized spacial score (nSPS) is 27.5. The molecule has 1 unspecified atom stereocenters. The maximum atomic E-state index is 12.1. The van der Waals surface area contributed by atoms with E-state index in [0.717, 1.165) is 6.42 Å². The summed E-state index contributed by atoms with van der Waals surface area (Å²) in [5, 5.41) is 9.20. The quantitative estimate of drug-likeness (QED) is 0.802. The van der Waals surface area contributed by atoms with Crippen molar-refractivity contribution in [1.82, 2.24) is 4.90 Å². The topological polar surface area (TPSA) is 91.8 Å². The molecule has 1 N–H and O–H groups in total. The first-order chi connectivity index (χ1) is 8.76. The summed E-state index contributed by atoms with van der Waals surface area (Å²) in [6.07, 6.45) is 2.33. The van der Waals surface area contributed by atoms with Crippen LogP contribution in [0.25, 0.3) is 0 Å². The van der Waals surface area contributed by atoms with E-state index in [-0.39, 0.29) is 29.9 Å². The van der Waals surface area contributed by atoms with Crippen LogP contribution in [0.3, 0.4) is 0 Å². The summed E-state index contributed by atoms with van der Waals surface area (Å²) in [5.41, 5.74) is -0.914. The Kier molecular flexibility index (Phi) is 3.59. The SMILES string of the molecule is CN(C(=O)CC1(C(=O)O)CCC1)C1CCS(=O)(=O)C1. The molecule has 1 saturated carbocycles. The molecule has 0 spiro atoms. The van der Waals surface area contributed by atoms with Gasteiger partial charge in [-0.2, -0.15) is 0 Å². The molecule has 0 aromatic rings. The first-order valence-corrected chi connectivity index (χ1v) is 8.27. The van der Waals surface area contributed by atoms with E-state index >= 15 is 0 Å². The fraction of sp³-hybridized carbons (Fsp3) is 0.833. The molecule has 7 heteroatoms. The number of amides is 1. The van der Waals surface area contributed by atoms with Gasteiger partial charge >= 0.3 is 5.97 Å². The Morgan fingerprint density at radius 3 is 2.37 bits per heavy atom. The van der Waals surface area contributed by atoms with Crippen LogP contribution in [0.15, 0.2) is 0 Å². The van der Waals surface area contributed by atoms with E-state index in [1.807, 2.05) is 0 Å². The summed E-state index contributed by atoms with van der Waals surface area (Å²) in [5.74, 6) is -1.07. The number of carboxylic acids is 1. The Labute approximate surface area is 112 Å². The molecule has 0 aromatic heterocycles. The van der Waals surface area contributed by atoms with Gasteiger partial charge in [0.25, 0.3) is 0 Å². The number of hydrogen-bond acceptors (Lipinski definition) is 4. The number of aliphatic carboxylic acids is 1. The minimum atomic E-state index is -3.04. The number of carboxylic acid groups (broad SMARTS) is 1. The largest absolute Gasteiger partial charge is 0.481 e. The predicted molar refractivity (Wildman–Crippen MR) is 68.4 cm³/mol. The fourth-order valence-electron chi connectivity index (χ4n) is 2.77. The zero-order chi connectivity index (χ0) is 14.3. The lowest BCUT2D eigenvalue weighted by Gasteiger charge is -2.38. The minimum absolute atomic E-state index is 0.00465. The van der Waals surface area contributed by atoms with Gasteiger partial charge in [-0.05, 0) is 19.3 Å². The van der Waals surface area contributed by atoms with Crippen LogP contribution in [-0.4, -0.2) is 54.9 Å². The van der Waals surface area contributed by atoms with E-state index in [9.17, 15) is 23.1 Å². The lowest BCUT2D eigenvalue weighted by atomic mass is 9.66. The van der Waals surface area contributed by atoms with Gasteiger partial charge in [-0.1, -0.05) is 6.42 Å². The van der Waals surface area contributed by atoms with E-state index < -0.39 is 21.2 Å². The Hall–Kier alpha value is -1.11. The van der Waals surface area contributed by atoms with Crippen molar-refractivity contribution in [2.75, 3.05) is 18.6 Å². The van der Waals surface area contributed by atoms with Crippen molar-refractivity contribution >= 4 is 21.7 Å². The van der Waals surface area contributed by atoms with E-state index in [4.69, 9.17) is 0 Å². The lowest BCUT2D eigenvalue weighted by Crippen LogP contribution is -2.45. The molecule has 2 aliphatic rings. The van der Waals surface area contributed by atoms with Crippen molar-refractivity contribution in [2.24, 2.45) is 5.41 Å². The Morgan fingerprint density at radius 1 is 1.37 bits per heavy atom. The molecule has 1 aliphatic carbocycles. The van der Waals surface area contributed by atoms with Crippen molar-refractivity contribution in [3.05, 3.63) is 0 Å². The molecule has 6 nitrogen and oxygen atoms in total. The van der Waals surface area contributed by atoms with Crippen LogP contribution in [0.1, 0.15) is 32.1 Å². The molecular formula is C12H19NO5S. The van der Waals surface area contributed by atoms with E-state index in [0.29, 0.717) is 19.3 Å². The number of sulfone groups is 1. The number of nitrogens with zero attached hydrogens (tertiary/aromatic N) is 1. The Morgan fingerprint density at radius 2 is 2.00 bits per heavy atom. The van der Waals surface area contributed by atoms with E-state index in [1.165, 1.54) is 4.90 Å². The van der Waals surface area contributed by atoms with Crippen LogP contribution < -0.4 is 0 Å². The summed E-state index contributed by atoms with van der Waals surface area (Å²) >= 11 is 0. The van der Waals surface area contributed by atoms with Gasteiger partial charge in [-0.15, -0.1) is 0 Å². The lowest BCUT2D eigenvalue weighted by molar-refractivity contribution is -0.159. The summed E-state index contributed by atoms with van der Waals surface area (Å²) in [6.45, 7) is 0. The molecule has 1 aliphatic heterocycles. The molecule has 0 radical (unpaired) electrons. The summed E-state index contributed by atoms with van der Waals surface area (Å²) in [4.78, 5) is 24.8. The van der Waals surface area contributed by atoms with Gasteiger partial charge in [0, 0.05) is 19.5 Å². The molecule has 1 amide bonds. The first kappa shape index (κ1) is 14.3. The molecular weight excluding hydrogens is 270 g/mol. The number of rotatable bonds is 4. The minimum Gasteiger partial charge on any atom is -0.481 e. The van der Waals surface area contributed by atoms with Crippen LogP contribution >= 0.6 is 0 Å². The average molecular weight is 289 g/mol. The highest BCUT2D eigenvalue weighted by atomic mass is 32.2. The van der Waals surface area contributed by atoms with Gasteiger partial charge in [0.1, 0.15) is 0 Å². The van der Waals surface area contributed by atoms with Crippen molar-refractivity contribution in [3.8, 4) is 0 Å². The van der Waals surface area contributed by atoms with Crippen LogP contribution in [0, 0.1) is 5.41 Å². The molecule has 2 fully saturated rings. The highest BCUT2D eigenvalue weighted by Gasteiger charge is 2.47. The van der Waals surface area contributed by atoms with Crippen molar-refractivity contribution < 1.29 is 23.1 Å². The third-order valence-electron chi connectivity index (χ3n) is 4.40. The monoisotopic (exact) mass is 289 g/mol. The number of carbonyl (C=O) groups is 2. The summed E-state index contributed by atoms with van der Waals surface area (Å²) in [7, 11) is -1.46. The highest BCUT2D eigenvalue weighted by Crippen LogP contribution is 2.44. The molecule has 1 saturated heterocycles. The van der Waals surface area contributed by atoms with Gasteiger partial charge < -0.3 is 10.0 Å². The van der Waals surface area contributed by atoms with Gasteiger partial charge in [-0.25, -0.2) is 8.42 Å². The highest BCUT2D eigenvalue weighted by molar-refractivity contribution is 7.91. The summed E-state index contributed by atoms with van der Waals surface area (Å²) in [6, 6.07) is -0.302. The molecule has 108 valence electrons. The van der Waals surface area contributed by atoms with Gasteiger partial charge in [0.15, 0.2) is 9.84 Å². The first-order valence-electron chi connectivity index (χ1n) is 6.45. The second-order valence-corrected chi connectivity index (χ2v) is 7.91. The van der Waals surface area contributed by atoms with Crippen molar-refractivity contribution in [3.63, 3.8) is 0 Å².